The van der Waals surface area contributed by atoms with E-state index >= 15 is 4.39 Å². The van der Waals surface area contributed by atoms with Crippen molar-refractivity contribution in [2.45, 2.75) is 12.8 Å². The monoisotopic (exact) mass is 483 g/mol. The molecule has 0 saturated carbocycles. The summed E-state index contributed by atoms with van der Waals surface area (Å²) in [6.45, 7) is -0.432. The number of halogens is 5. The van der Waals surface area contributed by atoms with E-state index in [1.165, 1.54) is 49.5 Å². The fourth-order valence-electron chi connectivity index (χ4n) is 3.05. The number of phenolic OH excluding ortho intramolecular Hbond substituents is 1. The number of aromatic hydroxyl groups is 1. The van der Waals surface area contributed by atoms with Crippen LogP contribution in [-0.4, -0.2) is 24.7 Å². The maximum absolute atomic E-state index is 15.2. The van der Waals surface area contributed by atoms with Crippen molar-refractivity contribution >= 4 is 29.1 Å². The smallest absolute Gasteiger partial charge is 0.257 e. The Labute approximate surface area is 192 Å². The Bertz CT molecular complexity index is 1150. The van der Waals surface area contributed by atoms with Crippen molar-refractivity contribution in [3.63, 3.8) is 0 Å². The molecule has 3 aromatic carbocycles. The molecular formula is C23H18Cl2F3NO3. The Balaban J connectivity index is 1.90. The molecule has 0 fully saturated rings. The minimum absolute atomic E-state index is 0.00681. The zero-order valence-corrected chi connectivity index (χ0v) is 18.3. The van der Waals surface area contributed by atoms with Crippen LogP contribution >= 0.6 is 23.2 Å². The highest BCUT2D eigenvalue weighted by molar-refractivity contribution is 6.36. The van der Waals surface area contributed by atoms with Crippen LogP contribution in [0.5, 0.6) is 11.5 Å². The summed E-state index contributed by atoms with van der Waals surface area (Å²) in [5.74, 6) is -3.11. The third kappa shape index (κ3) is 5.29. The number of hydrogen-bond donors (Lipinski definition) is 2. The summed E-state index contributed by atoms with van der Waals surface area (Å²) < 4.78 is 48.1. The van der Waals surface area contributed by atoms with E-state index in [0.29, 0.717) is 5.56 Å². The maximum Gasteiger partial charge on any atom is 0.257 e. The van der Waals surface area contributed by atoms with Crippen molar-refractivity contribution in [3.8, 4) is 11.5 Å². The average molecular weight is 484 g/mol. The molecule has 0 unspecified atom stereocenters. The normalized spacial score (nSPS) is 10.8. The molecule has 168 valence electrons. The SMILES string of the molecule is CNC(=O)COc1cc(Cl)c(Cc2ccc(O)c(Cc3ccc(F)cc3)c2F)c(Cl)c1F. The topological polar surface area (TPSA) is 58.6 Å². The van der Waals surface area contributed by atoms with Crippen molar-refractivity contribution < 1.29 is 27.8 Å². The zero-order valence-electron chi connectivity index (χ0n) is 16.8. The van der Waals surface area contributed by atoms with Crippen molar-refractivity contribution in [2.24, 2.45) is 0 Å². The van der Waals surface area contributed by atoms with Gasteiger partial charge in [-0.25, -0.2) is 13.2 Å². The van der Waals surface area contributed by atoms with Crippen LogP contribution in [0.1, 0.15) is 22.3 Å². The second-order valence-electron chi connectivity index (χ2n) is 6.94. The van der Waals surface area contributed by atoms with Crippen LogP contribution in [0.25, 0.3) is 0 Å². The van der Waals surface area contributed by atoms with Crippen molar-refractivity contribution in [3.05, 3.63) is 92.2 Å². The van der Waals surface area contributed by atoms with Crippen molar-refractivity contribution in [1.29, 1.82) is 0 Å². The van der Waals surface area contributed by atoms with Crippen LogP contribution in [0.15, 0.2) is 42.5 Å². The van der Waals surface area contributed by atoms with Gasteiger partial charge in [0.1, 0.15) is 17.4 Å². The molecule has 0 heterocycles. The van der Waals surface area contributed by atoms with Crippen LogP contribution in [0.2, 0.25) is 10.0 Å². The average Bonchev–Trinajstić information content (AvgIpc) is 2.78. The molecule has 0 aliphatic rings. The van der Waals surface area contributed by atoms with Gasteiger partial charge >= 0.3 is 0 Å². The summed E-state index contributed by atoms with van der Waals surface area (Å²) in [6.07, 6.45) is -0.138. The first kappa shape index (κ1) is 23.8. The molecule has 0 radical (unpaired) electrons. The van der Waals surface area contributed by atoms with Gasteiger partial charge in [-0.2, -0.15) is 0 Å². The third-order valence-electron chi connectivity index (χ3n) is 4.82. The van der Waals surface area contributed by atoms with Gasteiger partial charge in [-0.3, -0.25) is 4.79 Å². The number of rotatable bonds is 7. The largest absolute Gasteiger partial charge is 0.508 e. The second-order valence-corrected chi connectivity index (χ2v) is 7.73. The molecular weight excluding hydrogens is 466 g/mol. The van der Waals surface area contributed by atoms with Crippen LogP contribution in [0.3, 0.4) is 0 Å². The Morgan fingerprint density at radius 3 is 2.34 bits per heavy atom. The van der Waals surface area contributed by atoms with Crippen LogP contribution in [-0.2, 0) is 17.6 Å². The summed E-state index contributed by atoms with van der Waals surface area (Å²) in [4.78, 5) is 11.3. The van der Waals surface area contributed by atoms with Gasteiger partial charge in [0.15, 0.2) is 18.2 Å². The van der Waals surface area contributed by atoms with Gasteiger partial charge in [-0.15, -0.1) is 0 Å². The van der Waals surface area contributed by atoms with E-state index < -0.39 is 30.0 Å². The lowest BCUT2D eigenvalue weighted by Crippen LogP contribution is -2.25. The number of phenols is 1. The number of carbonyl (C=O) groups excluding carboxylic acids is 1. The van der Waals surface area contributed by atoms with Crippen molar-refractivity contribution in [1.82, 2.24) is 5.32 Å². The molecule has 0 bridgehead atoms. The Kier molecular flexibility index (Phi) is 7.53. The highest BCUT2D eigenvalue weighted by Crippen LogP contribution is 2.37. The van der Waals surface area contributed by atoms with E-state index in [2.05, 4.69) is 5.32 Å². The Morgan fingerprint density at radius 2 is 1.69 bits per heavy atom. The molecule has 4 nitrogen and oxygen atoms in total. The molecule has 0 aromatic heterocycles. The molecule has 3 rings (SSSR count). The number of nitrogens with one attached hydrogen (secondary N) is 1. The second kappa shape index (κ2) is 10.1. The van der Waals surface area contributed by atoms with Crippen molar-refractivity contribution in [2.75, 3.05) is 13.7 Å². The number of amides is 1. The predicted octanol–water partition coefficient (Wildman–Crippen LogP) is 5.42. The standard InChI is InChI=1S/C23H18Cl2F3NO3/c1-29-20(31)11-32-19-10-17(24)15(21(25)23(19)28)9-13-4-7-18(30)16(22(13)27)8-12-2-5-14(26)6-3-12/h2-7,10,30H,8-9,11H2,1H3,(H,29,31). The van der Waals surface area contributed by atoms with Gasteiger partial charge in [0.2, 0.25) is 0 Å². The fourth-order valence-corrected chi connectivity index (χ4v) is 3.63. The van der Waals surface area contributed by atoms with Gasteiger partial charge in [0.05, 0.1) is 5.02 Å². The van der Waals surface area contributed by atoms with Gasteiger partial charge in [-0.1, -0.05) is 41.4 Å². The summed E-state index contributed by atoms with van der Waals surface area (Å²) >= 11 is 12.4. The van der Waals surface area contributed by atoms with E-state index in [4.69, 9.17) is 27.9 Å². The quantitative estimate of drug-likeness (QED) is 0.441. The summed E-state index contributed by atoms with van der Waals surface area (Å²) in [7, 11) is 1.40. The van der Waals surface area contributed by atoms with Gasteiger partial charge in [-0.05, 0) is 34.9 Å². The molecule has 1 amide bonds. The predicted molar refractivity (Wildman–Crippen MR) is 116 cm³/mol. The lowest BCUT2D eigenvalue weighted by molar-refractivity contribution is -0.122. The van der Waals surface area contributed by atoms with Crippen LogP contribution in [0, 0.1) is 17.5 Å². The molecule has 32 heavy (non-hydrogen) atoms. The highest BCUT2D eigenvalue weighted by Gasteiger charge is 2.21. The number of carbonyl (C=O) groups is 1. The molecule has 0 aliphatic heterocycles. The van der Waals surface area contributed by atoms with Gasteiger partial charge in [0.25, 0.3) is 5.91 Å². The summed E-state index contributed by atoms with van der Waals surface area (Å²) in [6, 6.07) is 9.28. The molecule has 0 saturated heterocycles. The van der Waals surface area contributed by atoms with Crippen LogP contribution < -0.4 is 10.1 Å². The minimum Gasteiger partial charge on any atom is -0.508 e. The van der Waals surface area contributed by atoms with E-state index in [0.717, 1.165) is 0 Å². The lowest BCUT2D eigenvalue weighted by atomic mass is 9.97. The van der Waals surface area contributed by atoms with Crippen LogP contribution in [0.4, 0.5) is 13.2 Å². The van der Waals surface area contributed by atoms with E-state index in [-0.39, 0.29) is 51.1 Å². The molecule has 0 aliphatic carbocycles. The molecule has 3 aromatic rings. The third-order valence-corrected chi connectivity index (χ3v) is 5.55. The molecule has 2 N–H and O–H groups in total. The zero-order chi connectivity index (χ0) is 23.4. The van der Waals surface area contributed by atoms with E-state index in [1.807, 2.05) is 0 Å². The van der Waals surface area contributed by atoms with Gasteiger partial charge in [0, 0.05) is 36.5 Å². The summed E-state index contributed by atoms with van der Waals surface area (Å²) in [5, 5.41) is 12.1. The Hall–Kier alpha value is -2.90. The molecule has 0 atom stereocenters. The first-order valence-corrected chi connectivity index (χ1v) is 10.2. The minimum atomic E-state index is -0.930. The lowest BCUT2D eigenvalue weighted by Gasteiger charge is -2.15. The number of benzene rings is 3. The number of likely N-dealkylation sites (N-methyl/N-ethyl adjacent to an activating group) is 1. The molecule has 0 spiro atoms. The fraction of sp³-hybridized carbons (Fsp3) is 0.174. The molecule has 9 heteroatoms. The highest BCUT2D eigenvalue weighted by atomic mass is 35.5. The summed E-state index contributed by atoms with van der Waals surface area (Å²) in [5.41, 5.74) is 0.849. The van der Waals surface area contributed by atoms with E-state index in [1.54, 1.807) is 0 Å². The maximum atomic E-state index is 15.2. The van der Waals surface area contributed by atoms with E-state index in [9.17, 15) is 18.7 Å². The number of ether oxygens (including phenoxy) is 1. The first-order chi connectivity index (χ1) is 15.2. The van der Waals surface area contributed by atoms with Gasteiger partial charge < -0.3 is 15.2 Å². The number of hydrogen-bond acceptors (Lipinski definition) is 3. The Morgan fingerprint density at radius 1 is 1.00 bits per heavy atom. The first-order valence-electron chi connectivity index (χ1n) is 9.44.